The molecule has 7 heteroatoms. The molecule has 0 atom stereocenters. The summed E-state index contributed by atoms with van der Waals surface area (Å²) in [5.41, 5.74) is -0.434. The van der Waals surface area contributed by atoms with Gasteiger partial charge < -0.3 is 5.32 Å². The van der Waals surface area contributed by atoms with Crippen LogP contribution in [0.4, 0.5) is 18.9 Å². The first kappa shape index (κ1) is 13.0. The van der Waals surface area contributed by atoms with E-state index in [0.29, 0.717) is 0 Å². The molecule has 0 fully saturated rings. The molecule has 0 radical (unpaired) electrons. The number of amides is 1. The molecule has 0 aliphatic rings. The summed E-state index contributed by atoms with van der Waals surface area (Å²) in [6, 6.07) is 7.13. The van der Waals surface area contributed by atoms with Crippen LogP contribution in [0.15, 0.2) is 42.6 Å². The molecule has 4 nitrogen and oxygen atoms in total. The fourth-order valence-corrected chi connectivity index (χ4v) is 1.36. The van der Waals surface area contributed by atoms with E-state index in [9.17, 15) is 18.0 Å². The Morgan fingerprint density at radius 2 is 1.79 bits per heavy atom. The first-order valence-corrected chi connectivity index (χ1v) is 5.23. The number of rotatable bonds is 2. The average Bonchev–Trinajstić information content (AvgIpc) is 2.39. The summed E-state index contributed by atoms with van der Waals surface area (Å²) in [6.45, 7) is 0. The van der Waals surface area contributed by atoms with Crippen LogP contribution in [0.5, 0.6) is 0 Å². The SMILES string of the molecule is O=C(Nc1ccc(C(F)(F)F)cc1)c1cccnn1. The minimum atomic E-state index is -4.40. The van der Waals surface area contributed by atoms with Gasteiger partial charge in [-0.05, 0) is 36.4 Å². The van der Waals surface area contributed by atoms with Crippen LogP contribution in [-0.4, -0.2) is 16.1 Å². The Morgan fingerprint density at radius 1 is 1.11 bits per heavy atom. The molecule has 2 aromatic rings. The summed E-state index contributed by atoms with van der Waals surface area (Å²) >= 11 is 0. The first-order valence-electron chi connectivity index (χ1n) is 5.23. The van der Waals surface area contributed by atoms with Gasteiger partial charge in [0.15, 0.2) is 5.69 Å². The van der Waals surface area contributed by atoms with E-state index in [1.807, 2.05) is 0 Å². The lowest BCUT2D eigenvalue weighted by Crippen LogP contribution is -2.14. The number of carbonyl (C=O) groups excluding carboxylic acids is 1. The molecule has 0 saturated heterocycles. The molecule has 19 heavy (non-hydrogen) atoms. The molecule has 1 N–H and O–H groups in total. The number of nitrogens with one attached hydrogen (secondary N) is 1. The molecule has 0 bridgehead atoms. The average molecular weight is 267 g/mol. The predicted molar refractivity (Wildman–Crippen MR) is 61.4 cm³/mol. The fraction of sp³-hybridized carbons (Fsp3) is 0.0833. The Kier molecular flexibility index (Phi) is 3.46. The molecule has 0 aliphatic heterocycles. The Balaban J connectivity index is 2.10. The second kappa shape index (κ2) is 5.05. The van der Waals surface area contributed by atoms with Crippen molar-refractivity contribution in [3.8, 4) is 0 Å². The van der Waals surface area contributed by atoms with E-state index >= 15 is 0 Å². The zero-order valence-corrected chi connectivity index (χ0v) is 9.48. The van der Waals surface area contributed by atoms with Gasteiger partial charge in [0, 0.05) is 11.9 Å². The third-order valence-corrected chi connectivity index (χ3v) is 2.28. The Bertz CT molecular complexity index is 567. The van der Waals surface area contributed by atoms with Crippen LogP contribution in [0.1, 0.15) is 16.1 Å². The summed E-state index contributed by atoms with van der Waals surface area (Å²) in [4.78, 5) is 11.7. The highest BCUT2D eigenvalue weighted by atomic mass is 19.4. The van der Waals surface area contributed by atoms with E-state index < -0.39 is 17.6 Å². The van der Waals surface area contributed by atoms with E-state index in [1.165, 1.54) is 30.5 Å². The van der Waals surface area contributed by atoms with Crippen LogP contribution in [0.3, 0.4) is 0 Å². The first-order chi connectivity index (χ1) is 8.97. The number of nitrogens with zero attached hydrogens (tertiary/aromatic N) is 2. The highest BCUT2D eigenvalue weighted by molar-refractivity contribution is 6.02. The molecule has 2 rings (SSSR count). The summed E-state index contributed by atoms with van der Waals surface area (Å²) in [5, 5.41) is 9.55. The number of halogens is 3. The third kappa shape index (κ3) is 3.27. The lowest BCUT2D eigenvalue weighted by molar-refractivity contribution is -0.137. The number of hydrogen-bond acceptors (Lipinski definition) is 3. The highest BCUT2D eigenvalue weighted by Crippen LogP contribution is 2.29. The molecule has 0 spiro atoms. The monoisotopic (exact) mass is 267 g/mol. The Hall–Kier alpha value is -2.44. The molecule has 1 aromatic heterocycles. The number of alkyl halides is 3. The lowest BCUT2D eigenvalue weighted by atomic mass is 10.2. The van der Waals surface area contributed by atoms with Crippen molar-refractivity contribution in [2.75, 3.05) is 5.32 Å². The van der Waals surface area contributed by atoms with Gasteiger partial charge in [-0.2, -0.15) is 18.3 Å². The zero-order chi connectivity index (χ0) is 13.9. The van der Waals surface area contributed by atoms with Crippen molar-refractivity contribution in [3.05, 3.63) is 53.9 Å². The molecule has 1 heterocycles. The summed E-state index contributed by atoms with van der Waals surface area (Å²) < 4.78 is 37.0. The van der Waals surface area contributed by atoms with Crippen molar-refractivity contribution in [3.63, 3.8) is 0 Å². The molecular weight excluding hydrogens is 259 g/mol. The van der Waals surface area contributed by atoms with Gasteiger partial charge in [0.05, 0.1) is 5.56 Å². The van der Waals surface area contributed by atoms with Gasteiger partial charge in [-0.1, -0.05) is 0 Å². The fourth-order valence-electron chi connectivity index (χ4n) is 1.36. The number of hydrogen-bond donors (Lipinski definition) is 1. The maximum absolute atomic E-state index is 12.3. The second-order valence-electron chi connectivity index (χ2n) is 3.64. The largest absolute Gasteiger partial charge is 0.416 e. The standard InChI is InChI=1S/C12H8F3N3O/c13-12(14,15)8-3-5-9(6-4-8)17-11(19)10-2-1-7-16-18-10/h1-7H,(H,17,19). The van der Waals surface area contributed by atoms with Gasteiger partial charge in [0.1, 0.15) is 0 Å². The molecule has 1 amide bonds. The molecule has 98 valence electrons. The maximum atomic E-state index is 12.3. The molecule has 1 aromatic carbocycles. The van der Waals surface area contributed by atoms with Crippen molar-refractivity contribution < 1.29 is 18.0 Å². The maximum Gasteiger partial charge on any atom is 0.416 e. The second-order valence-corrected chi connectivity index (χ2v) is 3.64. The number of aromatic nitrogens is 2. The van der Waals surface area contributed by atoms with Crippen molar-refractivity contribution >= 4 is 11.6 Å². The van der Waals surface area contributed by atoms with E-state index in [1.54, 1.807) is 0 Å². The van der Waals surface area contributed by atoms with Gasteiger partial charge in [-0.25, -0.2) is 0 Å². The molecule has 0 aliphatic carbocycles. The van der Waals surface area contributed by atoms with Crippen LogP contribution in [-0.2, 0) is 6.18 Å². The zero-order valence-electron chi connectivity index (χ0n) is 9.48. The van der Waals surface area contributed by atoms with Crippen molar-refractivity contribution in [1.29, 1.82) is 0 Å². The van der Waals surface area contributed by atoms with E-state index in [0.717, 1.165) is 12.1 Å². The Morgan fingerprint density at radius 3 is 2.32 bits per heavy atom. The van der Waals surface area contributed by atoms with E-state index in [2.05, 4.69) is 15.5 Å². The van der Waals surface area contributed by atoms with Crippen molar-refractivity contribution in [2.45, 2.75) is 6.18 Å². The van der Waals surface area contributed by atoms with Crippen LogP contribution in [0.2, 0.25) is 0 Å². The van der Waals surface area contributed by atoms with E-state index in [4.69, 9.17) is 0 Å². The minimum absolute atomic E-state index is 0.0856. The third-order valence-electron chi connectivity index (χ3n) is 2.28. The predicted octanol–water partition coefficient (Wildman–Crippen LogP) is 2.75. The van der Waals surface area contributed by atoms with Crippen LogP contribution < -0.4 is 5.32 Å². The lowest BCUT2D eigenvalue weighted by Gasteiger charge is -2.08. The smallest absolute Gasteiger partial charge is 0.321 e. The van der Waals surface area contributed by atoms with Gasteiger partial charge in [0.25, 0.3) is 5.91 Å². The number of benzene rings is 1. The van der Waals surface area contributed by atoms with Crippen LogP contribution in [0.25, 0.3) is 0 Å². The minimum Gasteiger partial charge on any atom is -0.321 e. The van der Waals surface area contributed by atoms with Crippen molar-refractivity contribution in [1.82, 2.24) is 10.2 Å². The summed E-state index contributed by atoms with van der Waals surface area (Å²) in [7, 11) is 0. The number of anilines is 1. The van der Waals surface area contributed by atoms with Gasteiger partial charge in [-0.3, -0.25) is 4.79 Å². The summed E-state index contributed by atoms with van der Waals surface area (Å²) in [6.07, 6.45) is -2.98. The van der Waals surface area contributed by atoms with Crippen LogP contribution in [0, 0.1) is 0 Å². The van der Waals surface area contributed by atoms with E-state index in [-0.39, 0.29) is 11.4 Å². The van der Waals surface area contributed by atoms with Gasteiger partial charge in [-0.15, -0.1) is 5.10 Å². The van der Waals surface area contributed by atoms with Crippen LogP contribution >= 0.6 is 0 Å². The van der Waals surface area contributed by atoms with Gasteiger partial charge >= 0.3 is 6.18 Å². The Labute approximate surface area is 106 Å². The molecular formula is C12H8F3N3O. The highest BCUT2D eigenvalue weighted by Gasteiger charge is 2.29. The molecule has 0 unspecified atom stereocenters. The van der Waals surface area contributed by atoms with Crippen molar-refractivity contribution in [2.24, 2.45) is 0 Å². The number of carbonyl (C=O) groups is 1. The quantitative estimate of drug-likeness (QED) is 0.910. The topological polar surface area (TPSA) is 54.9 Å². The molecule has 0 saturated carbocycles. The summed E-state index contributed by atoms with van der Waals surface area (Å²) in [5.74, 6) is -0.534. The van der Waals surface area contributed by atoms with Gasteiger partial charge in [0.2, 0.25) is 0 Å². The normalized spacial score (nSPS) is 11.1.